The van der Waals surface area contributed by atoms with E-state index in [-0.39, 0.29) is 5.91 Å². The maximum Gasteiger partial charge on any atom is 0.254 e. The lowest BCUT2D eigenvalue weighted by molar-refractivity contribution is -0.114. The normalized spacial score (nSPS) is 14.8. The van der Waals surface area contributed by atoms with E-state index in [2.05, 4.69) is 15.9 Å². The van der Waals surface area contributed by atoms with E-state index >= 15 is 0 Å². The first-order chi connectivity index (χ1) is 8.65. The number of benzene rings is 1. The number of rotatable bonds is 4. The fourth-order valence-electron chi connectivity index (χ4n) is 1.89. The molecule has 1 fully saturated rings. The predicted molar refractivity (Wildman–Crippen MR) is 75.5 cm³/mol. The molecule has 4 heteroatoms. The summed E-state index contributed by atoms with van der Waals surface area (Å²) >= 11 is 3.50. The highest BCUT2D eigenvalue weighted by atomic mass is 79.9. The van der Waals surface area contributed by atoms with Crippen molar-refractivity contribution in [1.82, 2.24) is 0 Å². The molecule has 0 bridgehead atoms. The van der Waals surface area contributed by atoms with Crippen LogP contribution in [0.1, 0.15) is 18.4 Å². The van der Waals surface area contributed by atoms with Gasteiger partial charge in [-0.2, -0.15) is 0 Å². The maximum atomic E-state index is 12.2. The molecule has 1 aromatic rings. The van der Waals surface area contributed by atoms with Crippen molar-refractivity contribution in [3.05, 3.63) is 40.6 Å². The molecule has 0 aromatic heterocycles. The number of hydrogen-bond acceptors (Lipinski definition) is 2. The summed E-state index contributed by atoms with van der Waals surface area (Å²) in [6.45, 7) is 2.02. The third kappa shape index (κ3) is 2.75. The van der Waals surface area contributed by atoms with Gasteiger partial charge in [0.05, 0.1) is 13.4 Å². The molecule has 0 atom stereocenters. The Bertz CT molecular complexity index is 481. The van der Waals surface area contributed by atoms with Crippen LogP contribution in [-0.4, -0.2) is 19.1 Å². The maximum absolute atomic E-state index is 12.2. The zero-order chi connectivity index (χ0) is 13.1. The Labute approximate surface area is 116 Å². The van der Waals surface area contributed by atoms with Crippen LogP contribution in [0, 0.1) is 6.92 Å². The van der Waals surface area contributed by atoms with E-state index in [9.17, 15) is 4.79 Å². The van der Waals surface area contributed by atoms with Gasteiger partial charge in [-0.1, -0.05) is 22.0 Å². The Kier molecular flexibility index (Phi) is 4.07. The molecule has 0 spiro atoms. The second-order valence-electron chi connectivity index (χ2n) is 4.36. The zero-order valence-electron chi connectivity index (χ0n) is 10.5. The molecule has 96 valence electrons. The van der Waals surface area contributed by atoms with Gasteiger partial charge in [-0.3, -0.25) is 4.79 Å². The van der Waals surface area contributed by atoms with Crippen molar-refractivity contribution in [2.24, 2.45) is 0 Å². The molecule has 3 nitrogen and oxygen atoms in total. The van der Waals surface area contributed by atoms with Gasteiger partial charge in [0.15, 0.2) is 0 Å². The summed E-state index contributed by atoms with van der Waals surface area (Å²) in [5, 5.41) is 0. The Morgan fingerprint density at radius 1 is 1.50 bits per heavy atom. The molecule has 0 aliphatic heterocycles. The van der Waals surface area contributed by atoms with Crippen molar-refractivity contribution in [2.45, 2.75) is 25.8 Å². The van der Waals surface area contributed by atoms with Crippen LogP contribution >= 0.6 is 15.9 Å². The monoisotopic (exact) mass is 309 g/mol. The molecule has 0 heterocycles. The number of anilines is 1. The minimum Gasteiger partial charge on any atom is -0.504 e. The molecule has 1 aliphatic rings. The summed E-state index contributed by atoms with van der Waals surface area (Å²) in [6, 6.07) is 6.25. The Balaban J connectivity index is 2.33. The number of halogens is 1. The number of amides is 1. The average Bonchev–Trinajstić information content (AvgIpc) is 3.17. The lowest BCUT2D eigenvalue weighted by Crippen LogP contribution is -2.32. The van der Waals surface area contributed by atoms with Gasteiger partial charge >= 0.3 is 0 Å². The molecular formula is C14H16BrNO2. The molecule has 0 saturated heterocycles. The van der Waals surface area contributed by atoms with Crippen LogP contribution in [0.5, 0.6) is 0 Å². The van der Waals surface area contributed by atoms with E-state index in [1.165, 1.54) is 19.4 Å². The summed E-state index contributed by atoms with van der Waals surface area (Å²) < 4.78 is 5.84. The number of carbonyl (C=O) groups excluding carboxylic acids is 1. The van der Waals surface area contributed by atoms with Gasteiger partial charge in [0.2, 0.25) is 0 Å². The largest absolute Gasteiger partial charge is 0.504 e. The molecule has 1 aliphatic carbocycles. The molecule has 2 rings (SSSR count). The molecular weight excluding hydrogens is 294 g/mol. The summed E-state index contributed by atoms with van der Waals surface area (Å²) in [6.07, 6.45) is 5.03. The van der Waals surface area contributed by atoms with E-state index in [4.69, 9.17) is 4.74 Å². The highest BCUT2D eigenvalue weighted by molar-refractivity contribution is 9.10. The third-order valence-corrected chi connectivity index (χ3v) is 3.85. The second-order valence-corrected chi connectivity index (χ2v) is 5.22. The zero-order valence-corrected chi connectivity index (χ0v) is 12.1. The number of carbonyl (C=O) groups is 1. The second kappa shape index (κ2) is 5.57. The van der Waals surface area contributed by atoms with Gasteiger partial charge in [-0.25, -0.2) is 0 Å². The highest BCUT2D eigenvalue weighted by Gasteiger charge is 2.33. The molecule has 0 unspecified atom stereocenters. The highest BCUT2D eigenvalue weighted by Crippen LogP contribution is 2.35. The summed E-state index contributed by atoms with van der Waals surface area (Å²) in [4.78, 5) is 14.0. The van der Waals surface area contributed by atoms with Crippen LogP contribution in [0.3, 0.4) is 0 Å². The summed E-state index contributed by atoms with van der Waals surface area (Å²) in [7, 11) is 1.54. The molecule has 0 N–H and O–H groups in total. The predicted octanol–water partition coefficient (Wildman–Crippen LogP) is 3.41. The average molecular weight is 310 g/mol. The van der Waals surface area contributed by atoms with Gasteiger partial charge in [-0.15, -0.1) is 0 Å². The van der Waals surface area contributed by atoms with Crippen LogP contribution in [0.4, 0.5) is 5.69 Å². The molecule has 1 aromatic carbocycles. The van der Waals surface area contributed by atoms with Crippen LogP contribution < -0.4 is 4.90 Å². The third-order valence-electron chi connectivity index (χ3n) is 2.99. The topological polar surface area (TPSA) is 29.5 Å². The fraction of sp³-hybridized carbons (Fsp3) is 0.357. The van der Waals surface area contributed by atoms with Crippen molar-refractivity contribution in [2.75, 3.05) is 12.0 Å². The van der Waals surface area contributed by atoms with E-state index in [0.717, 1.165) is 28.6 Å². The van der Waals surface area contributed by atoms with E-state index in [1.54, 1.807) is 0 Å². The number of methoxy groups -OCH3 is 1. The molecule has 18 heavy (non-hydrogen) atoms. The van der Waals surface area contributed by atoms with Crippen LogP contribution in [0.2, 0.25) is 0 Å². The smallest absolute Gasteiger partial charge is 0.254 e. The number of nitrogens with zero attached hydrogens (tertiary/aromatic N) is 1. The van der Waals surface area contributed by atoms with Gasteiger partial charge in [0.25, 0.3) is 5.91 Å². The number of hydrogen-bond donors (Lipinski definition) is 0. The molecule has 1 saturated carbocycles. The van der Waals surface area contributed by atoms with Gasteiger partial charge in [0.1, 0.15) is 0 Å². The van der Waals surface area contributed by atoms with Crippen LogP contribution in [-0.2, 0) is 9.53 Å². The van der Waals surface area contributed by atoms with E-state index in [0.29, 0.717) is 6.04 Å². The fourth-order valence-corrected chi connectivity index (χ4v) is 2.25. The Morgan fingerprint density at radius 2 is 2.22 bits per heavy atom. The first-order valence-corrected chi connectivity index (χ1v) is 6.72. The minimum atomic E-state index is -0.0273. The Morgan fingerprint density at radius 3 is 2.83 bits per heavy atom. The Hall–Kier alpha value is -1.29. The van der Waals surface area contributed by atoms with Crippen molar-refractivity contribution >= 4 is 27.5 Å². The lowest BCUT2D eigenvalue weighted by atomic mass is 10.1. The minimum absolute atomic E-state index is 0.0273. The van der Waals surface area contributed by atoms with Gasteiger partial charge in [0, 0.05) is 22.3 Å². The summed E-state index contributed by atoms with van der Waals surface area (Å²) in [5.41, 5.74) is 2.06. The van der Waals surface area contributed by atoms with Crippen molar-refractivity contribution in [1.29, 1.82) is 0 Å². The molecule has 1 amide bonds. The standard InChI is InChI=1S/C14H16BrNO2/c1-10-12(15)4-3-5-13(10)16(11-6-7-11)14(17)8-9-18-2/h3-5,8-9,11H,6-7H2,1-2H3/b9-8+. The quantitative estimate of drug-likeness (QED) is 0.630. The lowest BCUT2D eigenvalue weighted by Gasteiger charge is -2.23. The van der Waals surface area contributed by atoms with Crippen LogP contribution in [0.25, 0.3) is 0 Å². The SMILES string of the molecule is CO/C=C/C(=O)N(c1cccc(Br)c1C)C1CC1. The van der Waals surface area contributed by atoms with E-state index in [1.807, 2.05) is 30.0 Å². The van der Waals surface area contributed by atoms with E-state index < -0.39 is 0 Å². The first kappa shape index (κ1) is 13.1. The summed E-state index contributed by atoms with van der Waals surface area (Å²) in [5.74, 6) is -0.0273. The van der Waals surface area contributed by atoms with Crippen molar-refractivity contribution in [3.63, 3.8) is 0 Å². The first-order valence-electron chi connectivity index (χ1n) is 5.92. The molecule has 0 radical (unpaired) electrons. The van der Waals surface area contributed by atoms with Crippen molar-refractivity contribution in [3.8, 4) is 0 Å². The van der Waals surface area contributed by atoms with Crippen molar-refractivity contribution < 1.29 is 9.53 Å². The van der Waals surface area contributed by atoms with Gasteiger partial charge < -0.3 is 9.64 Å². The van der Waals surface area contributed by atoms with Crippen LogP contribution in [0.15, 0.2) is 35.0 Å². The number of ether oxygens (including phenoxy) is 1. The van der Waals surface area contributed by atoms with Gasteiger partial charge in [-0.05, 0) is 37.5 Å².